The maximum Gasteiger partial charge on any atom is 0.326 e. The van der Waals surface area contributed by atoms with Crippen LogP contribution >= 0.6 is 0 Å². The summed E-state index contributed by atoms with van der Waals surface area (Å²) in [6, 6.07) is 5.43. The number of carbonyl (C=O) groups is 3. The second-order valence-electron chi connectivity index (χ2n) is 7.15. The molecule has 4 amide bonds. The van der Waals surface area contributed by atoms with Crippen LogP contribution in [0.5, 0.6) is 0 Å². The molecule has 1 aliphatic rings. The molecular formula is C20H24FN5O3. The van der Waals surface area contributed by atoms with E-state index < -0.39 is 0 Å². The number of imide groups is 1. The van der Waals surface area contributed by atoms with Crippen molar-refractivity contribution in [2.24, 2.45) is 0 Å². The molecule has 0 saturated carbocycles. The van der Waals surface area contributed by atoms with Gasteiger partial charge in [0.1, 0.15) is 12.4 Å². The second kappa shape index (κ2) is 8.42. The number of urea groups is 1. The molecule has 0 radical (unpaired) electrons. The van der Waals surface area contributed by atoms with Crippen molar-refractivity contribution in [3.63, 3.8) is 0 Å². The molecule has 0 spiro atoms. The van der Waals surface area contributed by atoms with Crippen LogP contribution < -0.4 is 5.32 Å². The summed E-state index contributed by atoms with van der Waals surface area (Å²) < 4.78 is 14.8. The van der Waals surface area contributed by atoms with E-state index in [9.17, 15) is 18.8 Å². The fraction of sp³-hybridized carbons (Fsp3) is 0.400. The van der Waals surface area contributed by atoms with Crippen molar-refractivity contribution in [1.29, 1.82) is 0 Å². The van der Waals surface area contributed by atoms with Gasteiger partial charge < -0.3 is 10.2 Å². The van der Waals surface area contributed by atoms with Gasteiger partial charge in [-0.05, 0) is 44.5 Å². The van der Waals surface area contributed by atoms with E-state index in [2.05, 4.69) is 10.4 Å². The van der Waals surface area contributed by atoms with Crippen molar-refractivity contribution >= 4 is 17.8 Å². The predicted molar refractivity (Wildman–Crippen MR) is 104 cm³/mol. The minimum atomic E-state index is -0.326. The van der Waals surface area contributed by atoms with Gasteiger partial charge in [-0.2, -0.15) is 5.10 Å². The number of halogens is 1. The van der Waals surface area contributed by atoms with Gasteiger partial charge in [-0.3, -0.25) is 14.5 Å². The molecule has 1 aliphatic heterocycles. The normalized spacial score (nSPS) is 15.2. The van der Waals surface area contributed by atoms with Crippen molar-refractivity contribution in [2.75, 3.05) is 20.1 Å². The highest BCUT2D eigenvalue weighted by Crippen LogP contribution is 2.20. The van der Waals surface area contributed by atoms with Gasteiger partial charge in [0.15, 0.2) is 0 Å². The summed E-state index contributed by atoms with van der Waals surface area (Å²) in [5.41, 5.74) is 2.44. The van der Waals surface area contributed by atoms with Gasteiger partial charge in [-0.1, -0.05) is 0 Å². The summed E-state index contributed by atoms with van der Waals surface area (Å²) in [4.78, 5) is 38.4. The van der Waals surface area contributed by atoms with Crippen LogP contribution in [0.1, 0.15) is 37.1 Å². The first-order valence-electron chi connectivity index (χ1n) is 9.43. The summed E-state index contributed by atoms with van der Waals surface area (Å²) in [5, 5.41) is 7.26. The zero-order valence-corrected chi connectivity index (χ0v) is 16.7. The zero-order valence-electron chi connectivity index (χ0n) is 16.7. The molecule has 1 fully saturated rings. The molecule has 2 aromatic rings. The standard InChI is InChI=1S/C20H24FN5O3/c1-13(17-11-22-26(14(17)2)16-8-6-15(21)7-9-16)23-18(27)5-4-10-25-19(28)12-24(3)20(25)29/h6-9,11,13H,4-5,10,12H2,1-3H3,(H,23,27). The third-order valence-electron chi connectivity index (χ3n) is 4.98. The van der Waals surface area contributed by atoms with Gasteiger partial charge in [0, 0.05) is 31.3 Å². The molecule has 29 heavy (non-hydrogen) atoms. The summed E-state index contributed by atoms with van der Waals surface area (Å²) in [6.45, 7) is 4.06. The lowest BCUT2D eigenvalue weighted by molar-refractivity contribution is -0.126. The first kappa shape index (κ1) is 20.5. The largest absolute Gasteiger partial charge is 0.349 e. The van der Waals surface area contributed by atoms with Crippen LogP contribution in [0.25, 0.3) is 5.69 Å². The zero-order chi connectivity index (χ0) is 21.1. The van der Waals surface area contributed by atoms with E-state index in [0.717, 1.165) is 16.9 Å². The topological polar surface area (TPSA) is 87.5 Å². The highest BCUT2D eigenvalue weighted by atomic mass is 19.1. The van der Waals surface area contributed by atoms with Crippen molar-refractivity contribution in [3.05, 3.63) is 47.5 Å². The minimum Gasteiger partial charge on any atom is -0.349 e. The SMILES string of the molecule is Cc1c(C(C)NC(=O)CCCN2C(=O)CN(C)C2=O)cnn1-c1ccc(F)cc1. The number of aromatic nitrogens is 2. The van der Waals surface area contributed by atoms with E-state index in [1.165, 1.54) is 21.9 Å². The molecule has 2 heterocycles. The fourth-order valence-electron chi connectivity index (χ4n) is 3.37. The summed E-state index contributed by atoms with van der Waals surface area (Å²) in [5.74, 6) is -0.725. The molecule has 1 aromatic carbocycles. The number of nitrogens with one attached hydrogen (secondary N) is 1. The van der Waals surface area contributed by atoms with Gasteiger partial charge in [0.05, 0.1) is 17.9 Å². The van der Waals surface area contributed by atoms with Gasteiger partial charge in [-0.25, -0.2) is 13.9 Å². The Morgan fingerprint density at radius 1 is 1.28 bits per heavy atom. The Morgan fingerprint density at radius 2 is 1.97 bits per heavy atom. The van der Waals surface area contributed by atoms with Crippen LogP contribution in [-0.2, 0) is 9.59 Å². The highest BCUT2D eigenvalue weighted by molar-refractivity contribution is 6.01. The van der Waals surface area contributed by atoms with Crippen molar-refractivity contribution in [2.45, 2.75) is 32.7 Å². The smallest absolute Gasteiger partial charge is 0.326 e. The molecule has 8 nitrogen and oxygen atoms in total. The molecule has 3 rings (SSSR count). The number of amides is 4. The van der Waals surface area contributed by atoms with E-state index in [0.29, 0.717) is 6.42 Å². The van der Waals surface area contributed by atoms with E-state index >= 15 is 0 Å². The molecule has 0 bridgehead atoms. The molecule has 1 unspecified atom stereocenters. The molecule has 1 atom stereocenters. The number of hydrogen-bond acceptors (Lipinski definition) is 4. The highest BCUT2D eigenvalue weighted by Gasteiger charge is 2.32. The lowest BCUT2D eigenvalue weighted by Gasteiger charge is -2.16. The van der Waals surface area contributed by atoms with Crippen molar-refractivity contribution in [1.82, 2.24) is 24.9 Å². The number of carbonyl (C=O) groups excluding carboxylic acids is 3. The molecule has 1 saturated heterocycles. The van der Waals surface area contributed by atoms with Crippen LogP contribution in [0.2, 0.25) is 0 Å². The van der Waals surface area contributed by atoms with Crippen LogP contribution in [-0.4, -0.2) is 57.6 Å². The van der Waals surface area contributed by atoms with Gasteiger partial charge in [-0.15, -0.1) is 0 Å². The first-order chi connectivity index (χ1) is 13.8. The number of benzene rings is 1. The van der Waals surface area contributed by atoms with Gasteiger partial charge in [0.25, 0.3) is 0 Å². The predicted octanol–water partition coefficient (Wildman–Crippen LogP) is 2.17. The van der Waals surface area contributed by atoms with Crippen LogP contribution in [0.3, 0.4) is 0 Å². The number of hydrogen-bond donors (Lipinski definition) is 1. The van der Waals surface area contributed by atoms with Crippen LogP contribution in [0.15, 0.2) is 30.5 Å². The maximum atomic E-state index is 13.1. The van der Waals surface area contributed by atoms with E-state index in [4.69, 9.17) is 0 Å². The van der Waals surface area contributed by atoms with Crippen LogP contribution in [0, 0.1) is 12.7 Å². The Kier molecular flexibility index (Phi) is 5.95. The monoisotopic (exact) mass is 401 g/mol. The number of nitrogens with zero attached hydrogens (tertiary/aromatic N) is 4. The van der Waals surface area contributed by atoms with Crippen LogP contribution in [0.4, 0.5) is 9.18 Å². The lowest BCUT2D eigenvalue weighted by Crippen LogP contribution is -2.33. The molecule has 0 aliphatic carbocycles. The molecule has 1 N–H and O–H groups in total. The molecule has 9 heteroatoms. The van der Waals surface area contributed by atoms with E-state index in [-0.39, 0.29) is 49.2 Å². The summed E-state index contributed by atoms with van der Waals surface area (Å²) in [7, 11) is 1.57. The average Bonchev–Trinajstić information content (AvgIpc) is 3.16. The Labute approximate surface area is 168 Å². The second-order valence-corrected chi connectivity index (χ2v) is 7.15. The van der Waals surface area contributed by atoms with Gasteiger partial charge >= 0.3 is 6.03 Å². The Bertz CT molecular complexity index is 925. The quantitative estimate of drug-likeness (QED) is 0.721. The number of rotatable bonds is 7. The Hall–Kier alpha value is -3.23. The minimum absolute atomic E-state index is 0.0827. The van der Waals surface area contributed by atoms with Crippen molar-refractivity contribution < 1.29 is 18.8 Å². The molecular weight excluding hydrogens is 377 g/mol. The summed E-state index contributed by atoms with van der Waals surface area (Å²) in [6.07, 6.45) is 2.29. The third-order valence-corrected chi connectivity index (χ3v) is 4.98. The third kappa shape index (κ3) is 4.44. The first-order valence-corrected chi connectivity index (χ1v) is 9.43. The van der Waals surface area contributed by atoms with Crippen molar-refractivity contribution in [3.8, 4) is 5.69 Å². The Morgan fingerprint density at radius 3 is 2.59 bits per heavy atom. The maximum absolute atomic E-state index is 13.1. The average molecular weight is 401 g/mol. The Balaban J connectivity index is 1.54. The number of likely N-dealkylation sites (N-methyl/N-ethyl adjacent to an activating group) is 1. The molecule has 154 valence electrons. The van der Waals surface area contributed by atoms with E-state index in [1.54, 1.807) is 30.1 Å². The van der Waals surface area contributed by atoms with E-state index in [1.807, 2.05) is 13.8 Å². The molecule has 1 aromatic heterocycles. The fourth-order valence-corrected chi connectivity index (χ4v) is 3.37. The lowest BCUT2D eigenvalue weighted by atomic mass is 10.1. The summed E-state index contributed by atoms with van der Waals surface area (Å²) >= 11 is 0. The van der Waals surface area contributed by atoms with Gasteiger partial charge in [0.2, 0.25) is 11.8 Å².